The van der Waals surface area contributed by atoms with Crippen LogP contribution in [0.25, 0.3) is 0 Å². The van der Waals surface area contributed by atoms with Gasteiger partial charge in [-0.2, -0.15) is 0 Å². The highest BCUT2D eigenvalue weighted by molar-refractivity contribution is 7.91. The Labute approximate surface area is 83.7 Å². The van der Waals surface area contributed by atoms with Gasteiger partial charge in [0.25, 0.3) is 0 Å². The van der Waals surface area contributed by atoms with E-state index in [2.05, 4.69) is 5.32 Å². The Morgan fingerprint density at radius 2 is 2.29 bits per heavy atom. The summed E-state index contributed by atoms with van der Waals surface area (Å²) in [5.41, 5.74) is 0. The lowest BCUT2D eigenvalue weighted by Crippen LogP contribution is -2.35. The quantitative estimate of drug-likeness (QED) is 0.637. The third kappa shape index (κ3) is 3.63. The first-order chi connectivity index (χ1) is 6.53. The van der Waals surface area contributed by atoms with Crippen molar-refractivity contribution in [1.29, 1.82) is 0 Å². The molecule has 1 aliphatic rings. The highest BCUT2D eigenvalue weighted by atomic mass is 32.2. The van der Waals surface area contributed by atoms with Crippen LogP contribution in [0.3, 0.4) is 0 Å². The lowest BCUT2D eigenvalue weighted by molar-refractivity contribution is -0.142. The fourth-order valence-electron chi connectivity index (χ4n) is 1.40. The molecule has 0 aromatic heterocycles. The van der Waals surface area contributed by atoms with Crippen molar-refractivity contribution in [3.8, 4) is 0 Å². The van der Waals surface area contributed by atoms with E-state index in [1.54, 1.807) is 6.92 Å². The minimum Gasteiger partial charge on any atom is -0.465 e. The molecule has 5 nitrogen and oxygen atoms in total. The molecule has 0 unspecified atom stereocenters. The van der Waals surface area contributed by atoms with Crippen molar-refractivity contribution in [2.45, 2.75) is 19.4 Å². The number of hydrogen-bond donors (Lipinski definition) is 1. The van der Waals surface area contributed by atoms with Crippen molar-refractivity contribution in [3.63, 3.8) is 0 Å². The molecule has 82 valence electrons. The number of nitrogens with one attached hydrogen (secondary N) is 1. The smallest absolute Gasteiger partial charge is 0.319 e. The molecule has 0 amide bonds. The van der Waals surface area contributed by atoms with Crippen LogP contribution in [0.1, 0.15) is 13.3 Å². The second-order valence-electron chi connectivity index (χ2n) is 3.29. The number of sulfone groups is 1. The van der Waals surface area contributed by atoms with Crippen molar-refractivity contribution >= 4 is 15.8 Å². The van der Waals surface area contributed by atoms with E-state index in [9.17, 15) is 13.2 Å². The van der Waals surface area contributed by atoms with E-state index in [1.165, 1.54) is 0 Å². The molecule has 0 radical (unpaired) electrons. The molecule has 0 aliphatic carbocycles. The number of hydrogen-bond acceptors (Lipinski definition) is 5. The van der Waals surface area contributed by atoms with E-state index in [4.69, 9.17) is 4.74 Å². The van der Waals surface area contributed by atoms with E-state index in [1.807, 2.05) is 0 Å². The zero-order valence-electron chi connectivity index (χ0n) is 8.15. The summed E-state index contributed by atoms with van der Waals surface area (Å²) in [7, 11) is -2.87. The predicted octanol–water partition coefficient (Wildman–Crippen LogP) is -0.674. The molecule has 0 bridgehead atoms. The first-order valence-corrected chi connectivity index (χ1v) is 6.45. The summed E-state index contributed by atoms with van der Waals surface area (Å²) in [4.78, 5) is 10.9. The molecule has 0 saturated carbocycles. The molecule has 1 atom stereocenters. The number of esters is 1. The normalized spacial score (nSPS) is 24.8. The molecule has 0 aromatic carbocycles. The van der Waals surface area contributed by atoms with Crippen LogP contribution < -0.4 is 5.32 Å². The zero-order chi connectivity index (χ0) is 10.6. The fourth-order valence-corrected chi connectivity index (χ4v) is 3.10. The molecule has 0 aromatic rings. The highest BCUT2D eigenvalue weighted by Crippen LogP contribution is 2.10. The van der Waals surface area contributed by atoms with Crippen molar-refractivity contribution in [2.24, 2.45) is 0 Å². The van der Waals surface area contributed by atoms with E-state index >= 15 is 0 Å². The van der Waals surface area contributed by atoms with Gasteiger partial charge >= 0.3 is 5.97 Å². The largest absolute Gasteiger partial charge is 0.465 e. The van der Waals surface area contributed by atoms with E-state index in [-0.39, 0.29) is 30.1 Å². The van der Waals surface area contributed by atoms with Gasteiger partial charge in [-0.05, 0) is 13.3 Å². The van der Waals surface area contributed by atoms with Crippen LogP contribution >= 0.6 is 0 Å². The first-order valence-electron chi connectivity index (χ1n) is 4.63. The maximum Gasteiger partial charge on any atom is 0.319 e. The Bertz CT molecular complexity index is 298. The van der Waals surface area contributed by atoms with Gasteiger partial charge in [0.1, 0.15) is 0 Å². The van der Waals surface area contributed by atoms with Gasteiger partial charge < -0.3 is 10.1 Å². The number of ether oxygens (including phenoxy) is 1. The van der Waals surface area contributed by atoms with Crippen LogP contribution in [0, 0.1) is 0 Å². The Balaban J connectivity index is 2.24. The van der Waals surface area contributed by atoms with E-state index in [0.29, 0.717) is 13.0 Å². The van der Waals surface area contributed by atoms with E-state index in [0.717, 1.165) is 0 Å². The summed E-state index contributed by atoms with van der Waals surface area (Å²) in [5, 5.41) is 2.87. The topological polar surface area (TPSA) is 72.5 Å². The maximum absolute atomic E-state index is 11.1. The number of carbonyl (C=O) groups excluding carboxylic acids is 1. The molecular weight excluding hydrogens is 206 g/mol. The van der Waals surface area contributed by atoms with Crippen molar-refractivity contribution in [2.75, 3.05) is 24.7 Å². The van der Waals surface area contributed by atoms with Crippen LogP contribution in [0.2, 0.25) is 0 Å². The molecule has 1 N–H and O–H groups in total. The summed E-state index contributed by atoms with van der Waals surface area (Å²) >= 11 is 0. The number of rotatable bonds is 4. The molecule has 6 heteroatoms. The monoisotopic (exact) mass is 221 g/mol. The summed E-state index contributed by atoms with van der Waals surface area (Å²) in [5.74, 6) is 0.0108. The fraction of sp³-hybridized carbons (Fsp3) is 0.875. The van der Waals surface area contributed by atoms with E-state index < -0.39 is 9.84 Å². The lowest BCUT2D eigenvalue weighted by atomic mass is 10.3. The van der Waals surface area contributed by atoms with Gasteiger partial charge in [0.15, 0.2) is 9.84 Å². The first kappa shape index (κ1) is 11.5. The molecule has 1 rings (SSSR count). The Kier molecular flexibility index (Phi) is 3.88. The minimum atomic E-state index is -2.87. The molecule has 1 heterocycles. The van der Waals surface area contributed by atoms with Crippen molar-refractivity contribution < 1.29 is 17.9 Å². The third-order valence-electron chi connectivity index (χ3n) is 2.07. The van der Waals surface area contributed by atoms with Gasteiger partial charge in [-0.15, -0.1) is 0 Å². The Hall–Kier alpha value is -0.620. The van der Waals surface area contributed by atoms with Gasteiger partial charge in [-0.3, -0.25) is 4.79 Å². The summed E-state index contributed by atoms with van der Waals surface area (Å²) in [6, 6.07) is -0.0931. The van der Waals surface area contributed by atoms with Crippen LogP contribution in [0.15, 0.2) is 0 Å². The molecule has 1 saturated heterocycles. The molecule has 1 fully saturated rings. The zero-order valence-corrected chi connectivity index (χ0v) is 8.97. The minimum absolute atomic E-state index is 0.0913. The average Bonchev–Trinajstić information content (AvgIpc) is 2.43. The molecule has 1 aliphatic heterocycles. The Morgan fingerprint density at radius 3 is 2.79 bits per heavy atom. The van der Waals surface area contributed by atoms with Gasteiger partial charge in [0.05, 0.1) is 24.7 Å². The predicted molar refractivity (Wildman–Crippen MR) is 51.7 cm³/mol. The van der Waals surface area contributed by atoms with Gasteiger partial charge in [-0.25, -0.2) is 8.42 Å². The lowest BCUT2D eigenvalue weighted by Gasteiger charge is -2.09. The highest BCUT2D eigenvalue weighted by Gasteiger charge is 2.27. The van der Waals surface area contributed by atoms with Gasteiger partial charge in [0.2, 0.25) is 0 Å². The number of carbonyl (C=O) groups is 1. The SMILES string of the molecule is CCOC(=O)CN[C@H]1CCS(=O)(=O)C1. The average molecular weight is 221 g/mol. The van der Waals surface area contributed by atoms with Crippen LogP contribution in [0.5, 0.6) is 0 Å². The third-order valence-corrected chi connectivity index (χ3v) is 3.84. The summed E-state index contributed by atoms with van der Waals surface area (Å²) in [6.07, 6.45) is 0.585. The van der Waals surface area contributed by atoms with Crippen molar-refractivity contribution in [3.05, 3.63) is 0 Å². The van der Waals surface area contributed by atoms with Crippen molar-refractivity contribution in [1.82, 2.24) is 5.32 Å². The second-order valence-corrected chi connectivity index (χ2v) is 5.51. The Morgan fingerprint density at radius 1 is 1.57 bits per heavy atom. The molecular formula is C8H15NO4S. The maximum atomic E-state index is 11.1. The van der Waals surface area contributed by atoms with Gasteiger partial charge in [-0.1, -0.05) is 0 Å². The summed E-state index contributed by atoms with van der Waals surface area (Å²) < 4.78 is 26.8. The van der Waals surface area contributed by atoms with Crippen LogP contribution in [-0.2, 0) is 19.4 Å². The van der Waals surface area contributed by atoms with Crippen LogP contribution in [0.4, 0.5) is 0 Å². The summed E-state index contributed by atoms with van der Waals surface area (Å²) in [6.45, 7) is 2.18. The van der Waals surface area contributed by atoms with Gasteiger partial charge in [0, 0.05) is 6.04 Å². The second kappa shape index (κ2) is 4.75. The molecule has 0 spiro atoms. The standard InChI is InChI=1S/C8H15NO4S/c1-2-13-8(10)5-9-7-3-4-14(11,12)6-7/h7,9H,2-6H2,1H3/t7-/m0/s1. The van der Waals surface area contributed by atoms with Crippen LogP contribution in [-0.4, -0.2) is 45.1 Å². The molecule has 14 heavy (non-hydrogen) atoms.